The van der Waals surface area contributed by atoms with Crippen molar-refractivity contribution >= 4 is 11.6 Å². The lowest BCUT2D eigenvalue weighted by molar-refractivity contribution is 0.220. The van der Waals surface area contributed by atoms with Crippen LogP contribution in [0.4, 0.5) is 0 Å². The standard InChI is InChI=1S/C24H29ClN2O/c1-17-4-7-19(25)8-12-22-23-13-9-20(26(23)2)16-24(22)27(17)15-14-18-5-10-21(28-3)11-6-18/h4-8,10-11,20,23H,1,9,12-16H2,2-3H3/b7-4-,19-8+. The van der Waals surface area contributed by atoms with E-state index in [0.717, 1.165) is 42.3 Å². The molecule has 3 aliphatic heterocycles. The molecule has 28 heavy (non-hydrogen) atoms. The zero-order valence-electron chi connectivity index (χ0n) is 16.8. The van der Waals surface area contributed by atoms with E-state index in [1.165, 1.54) is 29.7 Å². The van der Waals surface area contributed by atoms with Gasteiger partial charge in [0.1, 0.15) is 5.75 Å². The molecule has 0 N–H and O–H groups in total. The van der Waals surface area contributed by atoms with Crippen LogP contribution in [0.2, 0.25) is 0 Å². The summed E-state index contributed by atoms with van der Waals surface area (Å²) in [5, 5.41) is 0.799. The van der Waals surface area contributed by atoms with Crippen molar-refractivity contribution in [3.63, 3.8) is 0 Å². The molecular formula is C24H29ClN2O. The number of likely N-dealkylation sites (N-methyl/N-ethyl adjacent to an activating group) is 1. The van der Waals surface area contributed by atoms with Crippen molar-refractivity contribution in [2.24, 2.45) is 0 Å². The summed E-state index contributed by atoms with van der Waals surface area (Å²) in [4.78, 5) is 5.01. The maximum Gasteiger partial charge on any atom is 0.118 e. The summed E-state index contributed by atoms with van der Waals surface area (Å²) < 4.78 is 5.28. The zero-order chi connectivity index (χ0) is 19.7. The van der Waals surface area contributed by atoms with Crippen molar-refractivity contribution in [1.29, 1.82) is 0 Å². The largest absolute Gasteiger partial charge is 0.497 e. The molecule has 0 aliphatic carbocycles. The monoisotopic (exact) mass is 396 g/mol. The lowest BCUT2D eigenvalue weighted by Gasteiger charge is -2.40. The van der Waals surface area contributed by atoms with Gasteiger partial charge in [-0.2, -0.15) is 0 Å². The highest BCUT2D eigenvalue weighted by Gasteiger charge is 2.40. The summed E-state index contributed by atoms with van der Waals surface area (Å²) >= 11 is 6.42. The Morgan fingerprint density at radius 2 is 1.96 bits per heavy atom. The second-order valence-corrected chi connectivity index (χ2v) is 8.39. The molecule has 2 bridgehead atoms. The van der Waals surface area contributed by atoms with Crippen LogP contribution in [-0.2, 0) is 6.42 Å². The molecule has 3 nitrogen and oxygen atoms in total. The van der Waals surface area contributed by atoms with Gasteiger partial charge in [0.15, 0.2) is 0 Å². The summed E-state index contributed by atoms with van der Waals surface area (Å²) in [6, 6.07) is 9.55. The molecule has 0 radical (unpaired) electrons. The van der Waals surface area contributed by atoms with Crippen LogP contribution in [0.15, 0.2) is 71.1 Å². The minimum absolute atomic E-state index is 0.531. The van der Waals surface area contributed by atoms with E-state index in [4.69, 9.17) is 16.3 Å². The van der Waals surface area contributed by atoms with Crippen LogP contribution in [0, 0.1) is 0 Å². The molecule has 0 spiro atoms. The van der Waals surface area contributed by atoms with E-state index in [9.17, 15) is 0 Å². The highest BCUT2D eigenvalue weighted by atomic mass is 35.5. The Bertz CT molecular complexity index is 837. The molecule has 1 saturated heterocycles. The third kappa shape index (κ3) is 3.78. The lowest BCUT2D eigenvalue weighted by Crippen LogP contribution is -2.42. The average Bonchev–Trinajstić information content (AvgIpc) is 2.97. The number of methoxy groups -OCH3 is 1. The summed E-state index contributed by atoms with van der Waals surface area (Å²) in [7, 11) is 3.98. The second kappa shape index (κ2) is 8.18. The van der Waals surface area contributed by atoms with Crippen molar-refractivity contribution in [2.45, 2.75) is 44.2 Å². The van der Waals surface area contributed by atoms with Crippen LogP contribution in [0.3, 0.4) is 0 Å². The van der Waals surface area contributed by atoms with Gasteiger partial charge in [-0.05, 0) is 68.2 Å². The van der Waals surface area contributed by atoms with Gasteiger partial charge in [-0.25, -0.2) is 0 Å². The Balaban J connectivity index is 1.63. The minimum atomic E-state index is 0.531. The first-order valence-corrected chi connectivity index (χ1v) is 10.5. The predicted octanol–water partition coefficient (Wildman–Crippen LogP) is 5.26. The minimum Gasteiger partial charge on any atom is -0.497 e. The summed E-state index contributed by atoms with van der Waals surface area (Å²) in [5.41, 5.74) is 5.33. The number of ether oxygens (including phenoxy) is 1. The number of hydrogen-bond donors (Lipinski definition) is 0. The number of rotatable bonds is 4. The van der Waals surface area contributed by atoms with Gasteiger partial charge in [-0.15, -0.1) is 0 Å². The fourth-order valence-electron chi connectivity index (χ4n) is 4.79. The SMILES string of the molecule is C=C1/C=C\C(Cl)=C/CC2=C(CC3CCC2N3C)N1CCc1ccc(OC)cc1. The van der Waals surface area contributed by atoms with Gasteiger partial charge in [0, 0.05) is 41.5 Å². The molecule has 1 fully saturated rings. The summed E-state index contributed by atoms with van der Waals surface area (Å²) in [6.45, 7) is 5.30. The van der Waals surface area contributed by atoms with Gasteiger partial charge in [0.25, 0.3) is 0 Å². The van der Waals surface area contributed by atoms with Crippen molar-refractivity contribution in [3.05, 3.63) is 76.6 Å². The number of nitrogens with zero attached hydrogens (tertiary/aromatic N) is 2. The van der Waals surface area contributed by atoms with Gasteiger partial charge in [-0.1, -0.05) is 36.4 Å². The van der Waals surface area contributed by atoms with Gasteiger partial charge in [0.2, 0.25) is 0 Å². The van der Waals surface area contributed by atoms with E-state index in [0.29, 0.717) is 12.1 Å². The van der Waals surface area contributed by atoms with E-state index in [1.54, 1.807) is 7.11 Å². The highest BCUT2D eigenvalue weighted by Crippen LogP contribution is 2.42. The van der Waals surface area contributed by atoms with Gasteiger partial charge in [-0.3, -0.25) is 4.90 Å². The lowest BCUT2D eigenvalue weighted by atomic mass is 9.94. The van der Waals surface area contributed by atoms with E-state index in [-0.39, 0.29) is 0 Å². The first-order valence-electron chi connectivity index (χ1n) is 10.1. The second-order valence-electron chi connectivity index (χ2n) is 7.96. The molecule has 1 aromatic carbocycles. The van der Waals surface area contributed by atoms with E-state index >= 15 is 0 Å². The number of benzene rings is 1. The Morgan fingerprint density at radius 1 is 1.18 bits per heavy atom. The molecule has 4 heteroatoms. The molecule has 3 heterocycles. The fraction of sp³-hybridized carbons (Fsp3) is 0.417. The first kappa shape index (κ1) is 19.4. The normalized spacial score (nSPS) is 28.2. The Morgan fingerprint density at radius 3 is 2.71 bits per heavy atom. The van der Waals surface area contributed by atoms with Crippen molar-refractivity contribution < 1.29 is 4.74 Å². The Kier molecular flexibility index (Phi) is 5.65. The molecule has 0 saturated carbocycles. The van der Waals surface area contributed by atoms with Crippen LogP contribution in [0.5, 0.6) is 5.75 Å². The molecule has 1 aromatic rings. The Hall–Kier alpha value is -1.97. The smallest absolute Gasteiger partial charge is 0.118 e. The van der Waals surface area contributed by atoms with E-state index in [1.807, 2.05) is 18.2 Å². The first-order chi connectivity index (χ1) is 13.6. The van der Waals surface area contributed by atoms with Crippen LogP contribution in [0.1, 0.15) is 31.2 Å². The third-order valence-electron chi connectivity index (χ3n) is 6.45. The molecule has 0 aromatic heterocycles. The quantitative estimate of drug-likeness (QED) is 0.690. The molecule has 148 valence electrons. The maximum atomic E-state index is 6.42. The van der Waals surface area contributed by atoms with Gasteiger partial charge < -0.3 is 9.64 Å². The molecule has 0 amide bonds. The fourth-order valence-corrected chi connectivity index (χ4v) is 4.93. The number of allylic oxidation sites excluding steroid dienone is 4. The van der Waals surface area contributed by atoms with Crippen LogP contribution < -0.4 is 4.74 Å². The van der Waals surface area contributed by atoms with Crippen LogP contribution in [-0.4, -0.2) is 42.6 Å². The topological polar surface area (TPSA) is 15.7 Å². The predicted molar refractivity (Wildman–Crippen MR) is 116 cm³/mol. The molecule has 4 rings (SSSR count). The summed E-state index contributed by atoms with van der Waals surface area (Å²) in [6.07, 6.45) is 11.7. The summed E-state index contributed by atoms with van der Waals surface area (Å²) in [5.74, 6) is 0.899. The van der Waals surface area contributed by atoms with Crippen molar-refractivity contribution in [2.75, 3.05) is 20.7 Å². The third-order valence-corrected chi connectivity index (χ3v) is 6.73. The molecule has 3 aliphatic rings. The zero-order valence-corrected chi connectivity index (χ0v) is 17.6. The van der Waals surface area contributed by atoms with Crippen LogP contribution >= 0.6 is 11.6 Å². The number of hydrogen-bond acceptors (Lipinski definition) is 3. The molecule has 2 atom stereocenters. The van der Waals surface area contributed by atoms with Crippen molar-refractivity contribution in [1.82, 2.24) is 9.80 Å². The highest BCUT2D eigenvalue weighted by molar-refractivity contribution is 6.31. The molecular weight excluding hydrogens is 368 g/mol. The molecule has 2 unspecified atom stereocenters. The average molecular weight is 397 g/mol. The van der Waals surface area contributed by atoms with Gasteiger partial charge in [0.05, 0.1) is 7.11 Å². The number of halogens is 1. The maximum absolute atomic E-state index is 6.42. The Labute approximate surface area is 173 Å². The van der Waals surface area contributed by atoms with Crippen molar-refractivity contribution in [3.8, 4) is 5.75 Å². The van der Waals surface area contributed by atoms with E-state index in [2.05, 4.69) is 47.7 Å². The number of fused-ring (bicyclic) bond motifs is 3. The van der Waals surface area contributed by atoms with E-state index < -0.39 is 0 Å². The van der Waals surface area contributed by atoms with Crippen LogP contribution in [0.25, 0.3) is 0 Å². The van der Waals surface area contributed by atoms with Gasteiger partial charge >= 0.3 is 0 Å².